The number of thiazole rings is 1. The van der Waals surface area contributed by atoms with Crippen LogP contribution in [0.1, 0.15) is 44.6 Å². The first-order valence-electron chi connectivity index (χ1n) is 9.87. The molecule has 0 saturated carbocycles. The number of carbonyl (C=O) groups is 1. The minimum atomic E-state index is -0.217. The Balaban J connectivity index is 1.54. The number of carbonyl (C=O) groups excluding carboxylic acids is 1. The van der Waals surface area contributed by atoms with Crippen molar-refractivity contribution in [2.45, 2.75) is 32.6 Å². The lowest BCUT2D eigenvalue weighted by Gasteiger charge is -2.22. The van der Waals surface area contributed by atoms with Crippen LogP contribution < -0.4 is 5.56 Å². The Morgan fingerprint density at radius 3 is 2.60 bits per heavy atom. The molecule has 1 unspecified atom stereocenters. The van der Waals surface area contributed by atoms with Crippen LogP contribution in [0.3, 0.4) is 0 Å². The molecule has 0 saturated heterocycles. The van der Waals surface area contributed by atoms with Crippen molar-refractivity contribution in [3.05, 3.63) is 86.5 Å². The first-order chi connectivity index (χ1) is 14.5. The number of aromatic nitrogens is 2. The maximum Gasteiger partial charge on any atom is 0.258 e. The third-order valence-electron chi connectivity index (χ3n) is 5.60. The minimum Gasteiger partial charge on any atom is -0.469 e. The summed E-state index contributed by atoms with van der Waals surface area (Å²) in [5.74, 6) is 0.746. The number of benzene rings is 1. The van der Waals surface area contributed by atoms with Gasteiger partial charge in [-0.25, -0.2) is 4.98 Å². The van der Waals surface area contributed by atoms with E-state index in [0.29, 0.717) is 34.7 Å². The predicted molar refractivity (Wildman–Crippen MR) is 117 cm³/mol. The van der Waals surface area contributed by atoms with Crippen LogP contribution in [0.4, 0.5) is 0 Å². The highest BCUT2D eigenvalue weighted by molar-refractivity contribution is 7.15. The number of hydrogen-bond donors (Lipinski definition) is 1. The number of hydrogen-bond acceptors (Lipinski definition) is 5. The number of aromatic amines is 1. The first-order valence-corrected chi connectivity index (χ1v) is 10.7. The normalized spacial score (nSPS) is 15.9. The number of rotatable bonds is 3. The van der Waals surface area contributed by atoms with Gasteiger partial charge in [0.15, 0.2) is 5.78 Å². The summed E-state index contributed by atoms with van der Waals surface area (Å²) in [5, 5.41) is 0.632. The molecule has 0 amide bonds. The summed E-state index contributed by atoms with van der Waals surface area (Å²) >= 11 is 1.47. The van der Waals surface area contributed by atoms with Crippen LogP contribution in [0.2, 0.25) is 0 Å². The van der Waals surface area contributed by atoms with Gasteiger partial charge in [0, 0.05) is 34.0 Å². The maximum absolute atomic E-state index is 12.9. The summed E-state index contributed by atoms with van der Waals surface area (Å²) in [5.41, 5.74) is 4.56. The van der Waals surface area contributed by atoms with Gasteiger partial charge in [0.05, 0.1) is 17.5 Å². The number of furan rings is 1. The summed E-state index contributed by atoms with van der Waals surface area (Å²) in [6, 6.07) is 13.6. The lowest BCUT2D eigenvalue weighted by molar-refractivity contribution is 0.0959. The summed E-state index contributed by atoms with van der Waals surface area (Å²) in [4.78, 5) is 34.4. The number of pyridine rings is 1. The third kappa shape index (κ3) is 3.23. The molecule has 0 fully saturated rings. The molecule has 1 N–H and O–H groups in total. The van der Waals surface area contributed by atoms with Crippen molar-refractivity contribution < 1.29 is 9.21 Å². The van der Waals surface area contributed by atoms with Crippen molar-refractivity contribution in [2.24, 2.45) is 0 Å². The van der Waals surface area contributed by atoms with Gasteiger partial charge >= 0.3 is 0 Å². The van der Waals surface area contributed by atoms with E-state index in [4.69, 9.17) is 9.40 Å². The molecule has 0 bridgehead atoms. The lowest BCUT2D eigenvalue weighted by Crippen LogP contribution is -2.24. The number of ketones is 1. The fraction of sp³-hybridized carbons (Fsp3) is 0.208. The molecule has 0 radical (unpaired) electrons. The second kappa shape index (κ2) is 7.22. The third-order valence-corrected chi connectivity index (χ3v) is 6.61. The van der Waals surface area contributed by atoms with Gasteiger partial charge in [0.1, 0.15) is 10.8 Å². The first kappa shape index (κ1) is 18.8. The summed E-state index contributed by atoms with van der Waals surface area (Å²) in [6.45, 7) is 4.05. The van der Waals surface area contributed by atoms with E-state index in [-0.39, 0.29) is 17.3 Å². The standard InChI is InChI=1S/C24H20N2O3S/c1-13-5-7-15(8-6-13)22-14(2)30-24(26-22)18-12-17-19(25-23(18)28)10-16(11-20(17)27)21-4-3-9-29-21/h3-9,12,16H,10-11H2,1-2H3,(H,25,28). The molecular weight excluding hydrogens is 396 g/mol. The molecule has 5 rings (SSSR count). The van der Waals surface area contributed by atoms with E-state index in [1.807, 2.05) is 50.2 Å². The monoisotopic (exact) mass is 416 g/mol. The summed E-state index contributed by atoms with van der Waals surface area (Å²) in [7, 11) is 0. The molecule has 1 aromatic carbocycles. The van der Waals surface area contributed by atoms with Crippen molar-refractivity contribution in [1.29, 1.82) is 0 Å². The largest absolute Gasteiger partial charge is 0.469 e. The quantitative estimate of drug-likeness (QED) is 0.492. The van der Waals surface area contributed by atoms with E-state index in [9.17, 15) is 9.59 Å². The van der Waals surface area contributed by atoms with Crippen LogP contribution in [-0.4, -0.2) is 15.8 Å². The maximum atomic E-state index is 12.9. The van der Waals surface area contributed by atoms with Crippen molar-refractivity contribution in [3.8, 4) is 21.8 Å². The zero-order valence-corrected chi connectivity index (χ0v) is 17.5. The Morgan fingerprint density at radius 1 is 1.07 bits per heavy atom. The molecule has 5 nitrogen and oxygen atoms in total. The summed E-state index contributed by atoms with van der Waals surface area (Å²) in [6.07, 6.45) is 2.56. The molecular formula is C24H20N2O3S. The SMILES string of the molecule is Cc1ccc(-c2nc(-c3cc4c([nH]c3=O)CC(c3ccco3)CC4=O)sc2C)cc1. The second-order valence-corrected chi connectivity index (χ2v) is 8.94. The van der Waals surface area contributed by atoms with Gasteiger partial charge in [0.25, 0.3) is 5.56 Å². The van der Waals surface area contributed by atoms with Gasteiger partial charge in [0.2, 0.25) is 0 Å². The molecule has 4 aromatic rings. The zero-order valence-electron chi connectivity index (χ0n) is 16.7. The minimum absolute atomic E-state index is 0.0159. The van der Waals surface area contributed by atoms with Crippen LogP contribution in [-0.2, 0) is 6.42 Å². The molecule has 1 aliphatic rings. The lowest BCUT2D eigenvalue weighted by atomic mass is 9.84. The molecule has 30 heavy (non-hydrogen) atoms. The molecule has 0 aliphatic heterocycles. The molecule has 0 spiro atoms. The van der Waals surface area contributed by atoms with E-state index in [1.165, 1.54) is 16.9 Å². The van der Waals surface area contributed by atoms with Crippen LogP contribution in [0.5, 0.6) is 0 Å². The fourth-order valence-corrected chi connectivity index (χ4v) is 4.95. The van der Waals surface area contributed by atoms with Gasteiger partial charge in [-0.15, -0.1) is 11.3 Å². The number of aryl methyl sites for hydroxylation is 2. The average molecular weight is 417 g/mol. The Bertz CT molecular complexity index is 1300. The van der Waals surface area contributed by atoms with Gasteiger partial charge < -0.3 is 9.40 Å². The van der Waals surface area contributed by atoms with Crippen LogP contribution in [0, 0.1) is 13.8 Å². The van der Waals surface area contributed by atoms with E-state index >= 15 is 0 Å². The number of nitrogens with one attached hydrogen (secondary N) is 1. The van der Waals surface area contributed by atoms with Crippen molar-refractivity contribution in [2.75, 3.05) is 0 Å². The second-order valence-electron chi connectivity index (χ2n) is 7.74. The molecule has 1 atom stereocenters. The summed E-state index contributed by atoms with van der Waals surface area (Å²) < 4.78 is 5.47. The van der Waals surface area contributed by atoms with Crippen LogP contribution in [0.25, 0.3) is 21.8 Å². The highest BCUT2D eigenvalue weighted by Crippen LogP contribution is 2.35. The van der Waals surface area contributed by atoms with Gasteiger partial charge in [-0.3, -0.25) is 9.59 Å². The average Bonchev–Trinajstić information content (AvgIpc) is 3.38. The Hall–Kier alpha value is -3.25. The highest BCUT2D eigenvalue weighted by atomic mass is 32.1. The van der Waals surface area contributed by atoms with Crippen molar-refractivity contribution >= 4 is 17.1 Å². The topological polar surface area (TPSA) is 76.0 Å². The number of Topliss-reactive ketones (excluding diaryl/α,β-unsaturated/α-hetero) is 1. The van der Waals surface area contributed by atoms with E-state index in [1.54, 1.807) is 12.3 Å². The predicted octanol–water partition coefficient (Wildman–Crippen LogP) is 5.29. The highest BCUT2D eigenvalue weighted by Gasteiger charge is 2.30. The van der Waals surface area contributed by atoms with Gasteiger partial charge in [-0.05, 0) is 38.5 Å². The molecule has 3 aromatic heterocycles. The number of fused-ring (bicyclic) bond motifs is 1. The Labute approximate surface area is 177 Å². The van der Waals surface area contributed by atoms with Gasteiger partial charge in [-0.2, -0.15) is 0 Å². The van der Waals surface area contributed by atoms with Gasteiger partial charge in [-0.1, -0.05) is 29.8 Å². The smallest absolute Gasteiger partial charge is 0.258 e. The fourth-order valence-electron chi connectivity index (χ4n) is 4.01. The Morgan fingerprint density at radius 2 is 1.87 bits per heavy atom. The zero-order chi connectivity index (χ0) is 20.8. The van der Waals surface area contributed by atoms with Crippen molar-refractivity contribution in [1.82, 2.24) is 9.97 Å². The van der Waals surface area contributed by atoms with E-state index in [0.717, 1.165) is 21.9 Å². The van der Waals surface area contributed by atoms with E-state index in [2.05, 4.69) is 4.98 Å². The van der Waals surface area contributed by atoms with Crippen LogP contribution in [0.15, 0.2) is 57.9 Å². The molecule has 150 valence electrons. The molecule has 6 heteroatoms. The van der Waals surface area contributed by atoms with Crippen LogP contribution >= 0.6 is 11.3 Å². The van der Waals surface area contributed by atoms with Crippen molar-refractivity contribution in [3.63, 3.8) is 0 Å². The number of nitrogens with zero attached hydrogens (tertiary/aromatic N) is 1. The Kier molecular flexibility index (Phi) is 4.51. The number of H-pyrrole nitrogens is 1. The molecule has 1 aliphatic carbocycles. The molecule has 3 heterocycles. The van der Waals surface area contributed by atoms with E-state index < -0.39 is 0 Å².